The van der Waals surface area contributed by atoms with E-state index in [2.05, 4.69) is 10.5 Å². The summed E-state index contributed by atoms with van der Waals surface area (Å²) in [6.45, 7) is 1.79. The van der Waals surface area contributed by atoms with Gasteiger partial charge in [-0.25, -0.2) is 5.43 Å². The number of nitro benzene ring substituents is 1. The number of thiophene rings is 1. The summed E-state index contributed by atoms with van der Waals surface area (Å²) in [4.78, 5) is 22.8. The lowest BCUT2D eigenvalue weighted by atomic mass is 10.2. The molecule has 1 amide bonds. The van der Waals surface area contributed by atoms with E-state index in [-0.39, 0.29) is 5.69 Å². The van der Waals surface area contributed by atoms with Gasteiger partial charge in [0.1, 0.15) is 0 Å². The second-order valence-corrected chi connectivity index (χ2v) is 4.87. The predicted octanol–water partition coefficient (Wildman–Crippen LogP) is 2.81. The monoisotopic (exact) mass is 289 g/mol. The van der Waals surface area contributed by atoms with Crippen LogP contribution >= 0.6 is 11.3 Å². The van der Waals surface area contributed by atoms with Gasteiger partial charge in [-0.3, -0.25) is 14.9 Å². The van der Waals surface area contributed by atoms with E-state index >= 15 is 0 Å². The highest BCUT2D eigenvalue weighted by Gasteiger charge is 2.09. The average Bonchev–Trinajstić information content (AvgIpc) is 2.98. The largest absolute Gasteiger partial charge is 0.271 e. The van der Waals surface area contributed by atoms with Crippen molar-refractivity contribution in [3.05, 3.63) is 62.3 Å². The van der Waals surface area contributed by atoms with Crippen molar-refractivity contribution in [2.24, 2.45) is 5.10 Å². The number of hydrogen-bond donors (Lipinski definition) is 1. The number of rotatable bonds is 4. The van der Waals surface area contributed by atoms with Crippen molar-refractivity contribution in [2.45, 2.75) is 6.92 Å². The van der Waals surface area contributed by atoms with Gasteiger partial charge in [0, 0.05) is 22.6 Å². The molecule has 0 atom stereocenters. The van der Waals surface area contributed by atoms with E-state index in [0.29, 0.717) is 11.3 Å². The van der Waals surface area contributed by atoms with E-state index < -0.39 is 10.8 Å². The molecule has 1 N–H and O–H groups in total. The Bertz CT molecular complexity index is 648. The summed E-state index contributed by atoms with van der Waals surface area (Å²) in [5, 5.41) is 16.4. The fourth-order valence-corrected chi connectivity index (χ4v) is 2.15. The molecule has 0 saturated heterocycles. The molecule has 1 heterocycles. The second-order valence-electron chi connectivity index (χ2n) is 3.92. The summed E-state index contributed by atoms with van der Waals surface area (Å²) in [7, 11) is 0. The van der Waals surface area contributed by atoms with Crippen molar-refractivity contribution in [1.29, 1.82) is 0 Å². The van der Waals surface area contributed by atoms with Crippen molar-refractivity contribution in [3.8, 4) is 0 Å². The summed E-state index contributed by atoms with van der Waals surface area (Å²) >= 11 is 1.53. The second kappa shape index (κ2) is 6.07. The molecule has 0 aliphatic heterocycles. The van der Waals surface area contributed by atoms with Crippen LogP contribution in [0.5, 0.6) is 0 Å². The quantitative estimate of drug-likeness (QED) is 0.533. The fourth-order valence-electron chi connectivity index (χ4n) is 1.47. The fraction of sp³-hybridized carbons (Fsp3) is 0.0769. The molecule has 0 unspecified atom stereocenters. The van der Waals surface area contributed by atoms with E-state index in [1.165, 1.54) is 35.6 Å². The van der Waals surface area contributed by atoms with Gasteiger partial charge in [-0.05, 0) is 30.5 Å². The molecular formula is C13H11N3O3S. The van der Waals surface area contributed by atoms with Crippen LogP contribution in [0.25, 0.3) is 0 Å². The molecular weight excluding hydrogens is 278 g/mol. The van der Waals surface area contributed by atoms with Gasteiger partial charge in [0.2, 0.25) is 0 Å². The number of carbonyl (C=O) groups is 1. The van der Waals surface area contributed by atoms with Gasteiger partial charge in [-0.15, -0.1) is 11.3 Å². The summed E-state index contributed by atoms with van der Waals surface area (Å²) in [6.07, 6.45) is 0. The Hall–Kier alpha value is -2.54. The number of carbonyl (C=O) groups excluding carboxylic acids is 1. The van der Waals surface area contributed by atoms with Crippen molar-refractivity contribution < 1.29 is 9.72 Å². The van der Waals surface area contributed by atoms with Crippen molar-refractivity contribution in [1.82, 2.24) is 5.43 Å². The molecule has 6 nitrogen and oxygen atoms in total. The van der Waals surface area contributed by atoms with Crippen molar-refractivity contribution in [2.75, 3.05) is 0 Å². The maximum absolute atomic E-state index is 11.8. The Kier molecular flexibility index (Phi) is 4.21. The van der Waals surface area contributed by atoms with Gasteiger partial charge in [-0.1, -0.05) is 6.07 Å². The number of nitro groups is 1. The van der Waals surface area contributed by atoms with E-state index in [1.54, 1.807) is 6.92 Å². The van der Waals surface area contributed by atoms with E-state index in [1.807, 2.05) is 17.5 Å². The van der Waals surface area contributed by atoms with Crippen molar-refractivity contribution >= 4 is 28.6 Å². The molecule has 0 fully saturated rings. The third-order valence-corrected chi connectivity index (χ3v) is 3.52. The highest BCUT2D eigenvalue weighted by molar-refractivity contribution is 7.12. The topological polar surface area (TPSA) is 84.6 Å². The zero-order valence-electron chi connectivity index (χ0n) is 10.6. The first-order valence-electron chi connectivity index (χ1n) is 5.71. The number of nitrogens with zero attached hydrogens (tertiary/aromatic N) is 2. The molecule has 20 heavy (non-hydrogen) atoms. The minimum atomic E-state index is -0.513. The van der Waals surface area contributed by atoms with Gasteiger partial charge in [0.05, 0.1) is 10.6 Å². The maximum Gasteiger partial charge on any atom is 0.271 e. The molecule has 2 aromatic rings. The zero-order chi connectivity index (χ0) is 14.5. The third kappa shape index (κ3) is 3.27. The Balaban J connectivity index is 2.05. The molecule has 0 aliphatic rings. The molecule has 0 saturated carbocycles. The number of amides is 1. The van der Waals surface area contributed by atoms with Crippen LogP contribution in [0, 0.1) is 10.1 Å². The van der Waals surface area contributed by atoms with E-state index in [9.17, 15) is 14.9 Å². The molecule has 7 heteroatoms. The predicted molar refractivity (Wildman–Crippen MR) is 77.1 cm³/mol. The van der Waals surface area contributed by atoms with Gasteiger partial charge >= 0.3 is 0 Å². The van der Waals surface area contributed by atoms with Gasteiger partial charge < -0.3 is 0 Å². The summed E-state index contributed by atoms with van der Waals surface area (Å²) in [6, 6.07) is 9.15. The van der Waals surface area contributed by atoms with Crippen LogP contribution in [0.4, 0.5) is 5.69 Å². The van der Waals surface area contributed by atoms with Crippen LogP contribution < -0.4 is 5.43 Å². The van der Waals surface area contributed by atoms with Gasteiger partial charge in [-0.2, -0.15) is 5.10 Å². The number of non-ortho nitro benzene ring substituents is 1. The normalized spacial score (nSPS) is 11.2. The van der Waals surface area contributed by atoms with Crippen LogP contribution in [-0.4, -0.2) is 16.5 Å². The first-order valence-corrected chi connectivity index (χ1v) is 6.59. The lowest BCUT2D eigenvalue weighted by Gasteiger charge is -2.01. The molecule has 0 bridgehead atoms. The molecule has 102 valence electrons. The van der Waals surface area contributed by atoms with Crippen LogP contribution in [0.15, 0.2) is 46.9 Å². The highest BCUT2D eigenvalue weighted by Crippen LogP contribution is 2.12. The van der Waals surface area contributed by atoms with Crippen molar-refractivity contribution in [3.63, 3.8) is 0 Å². The Morgan fingerprint density at radius 3 is 2.55 bits per heavy atom. The van der Waals surface area contributed by atoms with E-state index in [4.69, 9.17) is 0 Å². The van der Waals surface area contributed by atoms with Crippen LogP contribution in [-0.2, 0) is 0 Å². The minimum absolute atomic E-state index is 0.0557. The zero-order valence-corrected chi connectivity index (χ0v) is 11.4. The lowest BCUT2D eigenvalue weighted by molar-refractivity contribution is -0.384. The van der Waals surface area contributed by atoms with Crippen LogP contribution in [0.2, 0.25) is 0 Å². The molecule has 0 aliphatic carbocycles. The van der Waals surface area contributed by atoms with E-state index in [0.717, 1.165) is 4.88 Å². The number of hydrogen-bond acceptors (Lipinski definition) is 5. The molecule has 1 aromatic heterocycles. The maximum atomic E-state index is 11.8. The number of nitrogens with one attached hydrogen (secondary N) is 1. The van der Waals surface area contributed by atoms with Crippen LogP contribution in [0.3, 0.4) is 0 Å². The SMILES string of the molecule is C/C(=N\NC(=O)c1ccc([N+](=O)[O-])cc1)c1cccs1. The standard InChI is InChI=1S/C13H11N3O3S/c1-9(12-3-2-8-20-12)14-15-13(17)10-4-6-11(7-5-10)16(18)19/h2-8H,1H3,(H,15,17)/b14-9+. The summed E-state index contributed by atoms with van der Waals surface area (Å²) < 4.78 is 0. The molecule has 0 radical (unpaired) electrons. The molecule has 2 rings (SSSR count). The number of benzene rings is 1. The molecule has 1 aromatic carbocycles. The Morgan fingerprint density at radius 1 is 1.30 bits per heavy atom. The van der Waals surface area contributed by atoms with Gasteiger partial charge in [0.25, 0.3) is 11.6 Å². The lowest BCUT2D eigenvalue weighted by Crippen LogP contribution is -2.19. The first-order chi connectivity index (χ1) is 9.58. The van der Waals surface area contributed by atoms with Gasteiger partial charge in [0.15, 0.2) is 0 Å². The third-order valence-electron chi connectivity index (χ3n) is 2.54. The summed E-state index contributed by atoms with van der Waals surface area (Å²) in [5.74, 6) is -0.407. The smallest absolute Gasteiger partial charge is 0.267 e. The number of hydrazone groups is 1. The van der Waals surface area contributed by atoms with Crippen LogP contribution in [0.1, 0.15) is 22.2 Å². The Morgan fingerprint density at radius 2 is 2.00 bits per heavy atom. The first kappa shape index (κ1) is 13.9. The Labute approximate surface area is 118 Å². The summed E-state index contributed by atoms with van der Waals surface area (Å²) in [5.41, 5.74) is 3.39. The minimum Gasteiger partial charge on any atom is -0.267 e. The highest BCUT2D eigenvalue weighted by atomic mass is 32.1. The molecule has 0 spiro atoms. The average molecular weight is 289 g/mol.